The number of rotatable bonds is 0. The van der Waals surface area contributed by atoms with Crippen molar-refractivity contribution in [2.24, 2.45) is 0 Å². The van der Waals surface area contributed by atoms with Crippen LogP contribution in [-0.4, -0.2) is 12.3 Å². The van der Waals surface area contributed by atoms with Crippen molar-refractivity contribution in [2.75, 3.05) is 6.54 Å². The number of hydrogen-bond acceptors (Lipinski definition) is 2. The summed E-state index contributed by atoms with van der Waals surface area (Å²) < 4.78 is 0. The van der Waals surface area contributed by atoms with Gasteiger partial charge in [-0.05, 0) is 6.08 Å². The zero-order chi connectivity index (χ0) is 6.81. The summed E-state index contributed by atoms with van der Waals surface area (Å²) >= 11 is 0. The SMILES string of the molecule is C1=C[N+]=C2CCNC=C2C1. The molecule has 2 heterocycles. The monoisotopic (exact) mass is 134 g/mol. The zero-order valence-electron chi connectivity index (χ0n) is 5.80. The predicted octanol–water partition coefficient (Wildman–Crippen LogP) is 0.558. The van der Waals surface area contributed by atoms with Crippen LogP contribution in [0.3, 0.4) is 0 Å². The normalized spacial score (nSPS) is 22.4. The highest BCUT2D eigenvalue weighted by atomic mass is 14.9. The van der Waals surface area contributed by atoms with Crippen molar-refractivity contribution in [3.8, 4) is 0 Å². The Morgan fingerprint density at radius 3 is 3.40 bits per heavy atom. The summed E-state index contributed by atoms with van der Waals surface area (Å²) in [5, 5.41) is 3.21. The molecule has 1 N–H and O–H groups in total. The van der Waals surface area contributed by atoms with Crippen molar-refractivity contribution in [1.29, 1.82) is 0 Å². The van der Waals surface area contributed by atoms with Crippen LogP contribution in [0.1, 0.15) is 12.8 Å². The largest absolute Gasteiger partial charge is 0.390 e. The average Bonchev–Trinajstić information content (AvgIpc) is 2.05. The number of fused-ring (bicyclic) bond motifs is 1. The van der Waals surface area contributed by atoms with Gasteiger partial charge in [-0.3, -0.25) is 0 Å². The molecule has 0 aromatic rings. The molecule has 0 spiro atoms. The van der Waals surface area contributed by atoms with Crippen molar-refractivity contribution in [2.45, 2.75) is 12.8 Å². The van der Waals surface area contributed by atoms with Crippen molar-refractivity contribution in [1.82, 2.24) is 10.3 Å². The lowest BCUT2D eigenvalue weighted by Crippen LogP contribution is -2.25. The van der Waals surface area contributed by atoms with E-state index in [1.807, 2.05) is 6.20 Å². The second-order valence-corrected chi connectivity index (χ2v) is 2.54. The summed E-state index contributed by atoms with van der Waals surface area (Å²) in [4.78, 5) is 4.28. The van der Waals surface area contributed by atoms with Gasteiger partial charge in [0.25, 0.3) is 5.71 Å². The number of aliphatic imine (C=N–C) groups is 1. The smallest absolute Gasteiger partial charge is 0.260 e. The standard InChI is InChI=1S/C8H10N2/c1-2-7-6-9-5-3-8(7)10-4-1/h1,4,6,9H,2-3,5H2/q+1. The Kier molecular flexibility index (Phi) is 1.31. The molecule has 2 aliphatic rings. The summed E-state index contributed by atoms with van der Waals surface area (Å²) in [6.07, 6.45) is 8.19. The molecule has 2 rings (SSSR count). The Balaban J connectivity index is 2.32. The zero-order valence-corrected chi connectivity index (χ0v) is 5.80. The van der Waals surface area contributed by atoms with Gasteiger partial charge in [-0.2, -0.15) is 0 Å². The lowest BCUT2D eigenvalue weighted by atomic mass is 10.0. The summed E-state index contributed by atoms with van der Waals surface area (Å²) in [5.41, 5.74) is 2.62. The maximum absolute atomic E-state index is 4.28. The Morgan fingerprint density at radius 2 is 2.50 bits per heavy atom. The molecular formula is C8H10N2+. The molecule has 10 heavy (non-hydrogen) atoms. The van der Waals surface area contributed by atoms with E-state index in [1.165, 1.54) is 11.3 Å². The van der Waals surface area contributed by atoms with Crippen molar-refractivity contribution in [3.05, 3.63) is 24.0 Å². The van der Waals surface area contributed by atoms with Gasteiger partial charge in [-0.25, -0.2) is 0 Å². The van der Waals surface area contributed by atoms with Crippen LogP contribution in [0.2, 0.25) is 0 Å². The van der Waals surface area contributed by atoms with Crippen LogP contribution >= 0.6 is 0 Å². The molecule has 2 nitrogen and oxygen atoms in total. The molecule has 2 aliphatic heterocycles. The van der Waals surface area contributed by atoms with Gasteiger partial charge in [-0.1, -0.05) is 0 Å². The van der Waals surface area contributed by atoms with Crippen LogP contribution in [0.25, 0.3) is 0 Å². The van der Waals surface area contributed by atoms with E-state index in [9.17, 15) is 0 Å². The van der Waals surface area contributed by atoms with E-state index >= 15 is 0 Å². The Bertz CT molecular complexity index is 223. The quantitative estimate of drug-likeness (QED) is 0.514. The van der Waals surface area contributed by atoms with E-state index in [4.69, 9.17) is 0 Å². The van der Waals surface area contributed by atoms with Gasteiger partial charge in [0.1, 0.15) is 0 Å². The molecule has 1 radical (unpaired) electrons. The van der Waals surface area contributed by atoms with Gasteiger partial charge in [0.05, 0.1) is 11.4 Å². The minimum atomic E-state index is 1.04. The molecule has 0 bridgehead atoms. The van der Waals surface area contributed by atoms with Gasteiger partial charge >= 0.3 is 0 Å². The van der Waals surface area contributed by atoms with Crippen molar-refractivity contribution < 1.29 is 0 Å². The van der Waals surface area contributed by atoms with E-state index in [1.54, 1.807) is 0 Å². The molecule has 0 aromatic heterocycles. The summed E-state index contributed by atoms with van der Waals surface area (Å²) in [6.45, 7) is 1.04. The molecule has 0 aromatic carbocycles. The predicted molar refractivity (Wildman–Crippen MR) is 41.6 cm³/mol. The number of nitrogens with one attached hydrogen (secondary N) is 1. The van der Waals surface area contributed by atoms with Gasteiger partial charge < -0.3 is 5.32 Å². The first-order chi connectivity index (χ1) is 4.97. The van der Waals surface area contributed by atoms with Gasteiger partial charge in [0, 0.05) is 24.7 Å². The van der Waals surface area contributed by atoms with Crippen LogP contribution in [0.15, 0.2) is 24.0 Å². The fourth-order valence-electron chi connectivity index (χ4n) is 1.28. The lowest BCUT2D eigenvalue weighted by Gasteiger charge is -2.09. The molecular weight excluding hydrogens is 124 g/mol. The molecule has 0 aliphatic carbocycles. The first-order valence-corrected chi connectivity index (χ1v) is 3.61. The molecule has 0 atom stereocenters. The molecule has 0 amide bonds. The van der Waals surface area contributed by atoms with Crippen LogP contribution in [0.4, 0.5) is 0 Å². The number of hydrogen-bond donors (Lipinski definition) is 1. The third-order valence-corrected chi connectivity index (χ3v) is 1.83. The molecule has 51 valence electrons. The molecule has 2 heteroatoms. The Hall–Kier alpha value is -1.05. The Morgan fingerprint density at radius 1 is 1.50 bits per heavy atom. The highest BCUT2D eigenvalue weighted by Gasteiger charge is 2.21. The summed E-state index contributed by atoms with van der Waals surface area (Å²) in [5.74, 6) is 0. The fourth-order valence-corrected chi connectivity index (χ4v) is 1.28. The van der Waals surface area contributed by atoms with E-state index < -0.39 is 0 Å². The topological polar surface area (TPSA) is 26.1 Å². The number of nitrogens with zero attached hydrogens (tertiary/aromatic N) is 1. The minimum Gasteiger partial charge on any atom is -0.390 e. The van der Waals surface area contributed by atoms with Crippen LogP contribution in [0.5, 0.6) is 0 Å². The molecule has 0 saturated heterocycles. The third-order valence-electron chi connectivity index (χ3n) is 1.83. The maximum atomic E-state index is 4.28. The fraction of sp³-hybridized carbons (Fsp3) is 0.375. The van der Waals surface area contributed by atoms with Gasteiger partial charge in [-0.15, -0.1) is 0 Å². The van der Waals surface area contributed by atoms with E-state index in [0.717, 1.165) is 19.4 Å². The minimum absolute atomic E-state index is 1.04. The van der Waals surface area contributed by atoms with E-state index in [2.05, 4.69) is 22.6 Å². The molecule has 0 saturated carbocycles. The van der Waals surface area contributed by atoms with E-state index in [0.29, 0.717) is 0 Å². The molecule has 0 fully saturated rings. The highest BCUT2D eigenvalue weighted by Crippen LogP contribution is 2.11. The first-order valence-electron chi connectivity index (χ1n) is 3.61. The molecule has 0 unspecified atom stereocenters. The van der Waals surface area contributed by atoms with Crippen LogP contribution in [0, 0.1) is 0 Å². The van der Waals surface area contributed by atoms with E-state index in [-0.39, 0.29) is 0 Å². The highest BCUT2D eigenvalue weighted by molar-refractivity contribution is 6.01. The second kappa shape index (κ2) is 2.29. The van der Waals surface area contributed by atoms with Crippen LogP contribution < -0.4 is 10.3 Å². The second-order valence-electron chi connectivity index (χ2n) is 2.54. The summed E-state index contributed by atoms with van der Waals surface area (Å²) in [7, 11) is 0. The van der Waals surface area contributed by atoms with Crippen molar-refractivity contribution >= 4 is 5.71 Å². The van der Waals surface area contributed by atoms with Crippen molar-refractivity contribution in [3.63, 3.8) is 0 Å². The first kappa shape index (κ1) is 5.71. The number of allylic oxidation sites excluding steroid dienone is 2. The third kappa shape index (κ3) is 0.856. The Labute approximate surface area is 60.3 Å². The van der Waals surface area contributed by atoms with Crippen LogP contribution in [-0.2, 0) is 0 Å². The maximum Gasteiger partial charge on any atom is 0.260 e. The summed E-state index contributed by atoms with van der Waals surface area (Å²) in [6, 6.07) is 0. The average molecular weight is 134 g/mol. The van der Waals surface area contributed by atoms with Gasteiger partial charge in [0.2, 0.25) is 6.20 Å². The lowest BCUT2D eigenvalue weighted by molar-refractivity contribution is 0.828. The van der Waals surface area contributed by atoms with Gasteiger partial charge in [0.15, 0.2) is 0 Å².